The Bertz CT molecular complexity index is 1220. The lowest BCUT2D eigenvalue weighted by Crippen LogP contribution is -2.03. The van der Waals surface area contributed by atoms with Crippen LogP contribution in [0.15, 0.2) is 58.0 Å². The van der Waals surface area contributed by atoms with E-state index >= 15 is 0 Å². The lowest BCUT2D eigenvalue weighted by molar-refractivity contribution is 0.0928. The molecule has 4 rings (SSSR count). The lowest BCUT2D eigenvalue weighted by Gasteiger charge is -2.13. The first-order chi connectivity index (χ1) is 15.5. The number of anilines is 2. The van der Waals surface area contributed by atoms with Crippen molar-refractivity contribution < 1.29 is 14.9 Å². The molecule has 1 unspecified atom stereocenters. The van der Waals surface area contributed by atoms with Crippen LogP contribution in [0.25, 0.3) is 0 Å². The minimum absolute atomic E-state index is 0.385. The molecule has 11 heteroatoms. The first-order valence-electron chi connectivity index (χ1n) is 9.60. The van der Waals surface area contributed by atoms with E-state index in [0.717, 1.165) is 15.5 Å². The van der Waals surface area contributed by atoms with Crippen molar-refractivity contribution in [3.63, 3.8) is 0 Å². The SMILES string of the molecule is Cc1nnccc1Oc1cc(Sc2cccnc2C)cnc1Nc1nc(C(O)CO)cs1. The summed E-state index contributed by atoms with van der Waals surface area (Å²) in [6.07, 6.45) is 4.02. The molecule has 3 N–H and O–H groups in total. The first-order valence-corrected chi connectivity index (χ1v) is 11.3. The number of thiazole rings is 1. The van der Waals surface area contributed by atoms with Crippen LogP contribution in [0.3, 0.4) is 0 Å². The smallest absolute Gasteiger partial charge is 0.188 e. The van der Waals surface area contributed by atoms with Crippen LogP contribution in [0.4, 0.5) is 10.9 Å². The van der Waals surface area contributed by atoms with Crippen LogP contribution in [0.2, 0.25) is 0 Å². The number of rotatable bonds is 8. The third kappa shape index (κ3) is 5.19. The Hall–Kier alpha value is -3.12. The molecule has 4 aromatic heterocycles. The van der Waals surface area contributed by atoms with Crippen LogP contribution >= 0.6 is 23.1 Å². The molecule has 9 nitrogen and oxygen atoms in total. The number of nitrogens with one attached hydrogen (secondary N) is 1. The second kappa shape index (κ2) is 10.0. The van der Waals surface area contributed by atoms with Gasteiger partial charge in [-0.15, -0.1) is 11.3 Å². The molecule has 0 aliphatic carbocycles. The fourth-order valence-corrected chi connectivity index (χ4v) is 4.30. The molecule has 0 bridgehead atoms. The van der Waals surface area contributed by atoms with Crippen LogP contribution in [0.5, 0.6) is 11.5 Å². The molecule has 4 aromatic rings. The van der Waals surface area contributed by atoms with Crippen molar-refractivity contribution in [3.05, 3.63) is 65.3 Å². The summed E-state index contributed by atoms with van der Waals surface area (Å²) >= 11 is 2.82. The van der Waals surface area contributed by atoms with E-state index in [9.17, 15) is 5.11 Å². The number of nitrogens with zero attached hydrogens (tertiary/aromatic N) is 5. The molecular formula is C21H20N6O3S2. The maximum Gasteiger partial charge on any atom is 0.188 e. The van der Waals surface area contributed by atoms with Gasteiger partial charge in [0, 0.05) is 39.7 Å². The summed E-state index contributed by atoms with van der Waals surface area (Å²) in [6.45, 7) is 3.36. The summed E-state index contributed by atoms with van der Waals surface area (Å²) in [5.41, 5.74) is 1.95. The second-order valence-corrected chi connectivity index (χ2v) is 8.66. The van der Waals surface area contributed by atoms with E-state index in [-0.39, 0.29) is 0 Å². The number of hydrogen-bond acceptors (Lipinski definition) is 11. The van der Waals surface area contributed by atoms with E-state index < -0.39 is 12.7 Å². The maximum absolute atomic E-state index is 9.79. The highest BCUT2D eigenvalue weighted by molar-refractivity contribution is 7.99. The van der Waals surface area contributed by atoms with Gasteiger partial charge in [0.25, 0.3) is 0 Å². The van der Waals surface area contributed by atoms with E-state index in [0.29, 0.717) is 33.8 Å². The van der Waals surface area contributed by atoms with Crippen molar-refractivity contribution in [1.29, 1.82) is 0 Å². The molecule has 0 spiro atoms. The minimum Gasteiger partial charge on any atom is -0.451 e. The van der Waals surface area contributed by atoms with Crippen molar-refractivity contribution in [2.45, 2.75) is 29.7 Å². The Morgan fingerprint density at radius 2 is 2.03 bits per heavy atom. The van der Waals surface area contributed by atoms with Gasteiger partial charge >= 0.3 is 0 Å². The quantitative estimate of drug-likeness (QED) is 0.348. The van der Waals surface area contributed by atoms with E-state index in [2.05, 4.69) is 30.5 Å². The number of hydrogen-bond donors (Lipinski definition) is 3. The van der Waals surface area contributed by atoms with E-state index in [4.69, 9.17) is 9.84 Å². The van der Waals surface area contributed by atoms with Crippen LogP contribution in [0.1, 0.15) is 23.2 Å². The second-order valence-electron chi connectivity index (χ2n) is 6.69. The molecule has 0 aliphatic rings. The standard InChI is InChI=1S/C21H20N6O3S2/c1-12-17(5-7-24-27-12)30-18-8-14(32-19-4-3-6-22-13(19)2)9-23-20(18)26-21-25-15(11-31-21)16(29)10-28/h3-9,11,16,28-29H,10H2,1-2H3,(H,23,25,26). The molecule has 164 valence electrons. The topological polar surface area (TPSA) is 126 Å². The molecule has 0 saturated carbocycles. The number of ether oxygens (including phenoxy) is 1. The highest BCUT2D eigenvalue weighted by atomic mass is 32.2. The Labute approximate surface area is 192 Å². The molecule has 0 saturated heterocycles. The van der Waals surface area contributed by atoms with Gasteiger partial charge in [-0.25, -0.2) is 9.97 Å². The average molecular weight is 469 g/mol. The van der Waals surface area contributed by atoms with Gasteiger partial charge in [0.15, 0.2) is 22.4 Å². The normalized spacial score (nSPS) is 11.9. The highest BCUT2D eigenvalue weighted by Crippen LogP contribution is 2.37. The summed E-state index contributed by atoms with van der Waals surface area (Å²) in [6, 6.07) is 7.50. The van der Waals surface area contributed by atoms with Crippen molar-refractivity contribution in [2.24, 2.45) is 0 Å². The van der Waals surface area contributed by atoms with Gasteiger partial charge < -0.3 is 20.3 Å². The molecule has 32 heavy (non-hydrogen) atoms. The van der Waals surface area contributed by atoms with Crippen molar-refractivity contribution >= 4 is 34.0 Å². The monoisotopic (exact) mass is 468 g/mol. The van der Waals surface area contributed by atoms with Gasteiger partial charge in [-0.2, -0.15) is 10.2 Å². The summed E-state index contributed by atoms with van der Waals surface area (Å²) < 4.78 is 6.13. The first kappa shape index (κ1) is 22.1. The lowest BCUT2D eigenvalue weighted by atomic mass is 10.3. The molecule has 1 atom stereocenters. The summed E-state index contributed by atoms with van der Waals surface area (Å²) in [7, 11) is 0. The van der Waals surface area contributed by atoms with E-state index in [1.807, 2.05) is 32.0 Å². The highest BCUT2D eigenvalue weighted by Gasteiger charge is 2.15. The van der Waals surface area contributed by atoms with Gasteiger partial charge in [0.05, 0.1) is 24.2 Å². The fourth-order valence-electron chi connectivity index (χ4n) is 2.67. The van der Waals surface area contributed by atoms with Crippen molar-refractivity contribution in [1.82, 2.24) is 25.1 Å². The van der Waals surface area contributed by atoms with Crippen LogP contribution in [0, 0.1) is 13.8 Å². The van der Waals surface area contributed by atoms with Crippen molar-refractivity contribution in [2.75, 3.05) is 11.9 Å². The Balaban J connectivity index is 1.66. The molecule has 0 amide bonds. The molecular weight excluding hydrogens is 448 g/mol. The molecule has 0 aliphatic heterocycles. The van der Waals surface area contributed by atoms with E-state index in [1.165, 1.54) is 23.1 Å². The van der Waals surface area contributed by atoms with Crippen LogP contribution in [-0.4, -0.2) is 42.0 Å². The third-order valence-corrected chi connectivity index (χ3v) is 6.24. The molecule has 0 radical (unpaired) electrons. The third-order valence-electron chi connectivity index (χ3n) is 4.35. The van der Waals surface area contributed by atoms with Gasteiger partial charge in [-0.05, 0) is 26.0 Å². The summed E-state index contributed by atoms with van der Waals surface area (Å²) in [5.74, 6) is 1.49. The van der Waals surface area contributed by atoms with Gasteiger partial charge in [0.2, 0.25) is 0 Å². The fraction of sp³-hybridized carbons (Fsp3) is 0.190. The molecule has 0 fully saturated rings. The predicted octanol–water partition coefficient (Wildman–Crippen LogP) is 4.05. The number of aromatic nitrogens is 5. The predicted molar refractivity (Wildman–Crippen MR) is 122 cm³/mol. The summed E-state index contributed by atoms with van der Waals surface area (Å²) in [4.78, 5) is 15.1. The van der Waals surface area contributed by atoms with Gasteiger partial charge in [-0.1, -0.05) is 11.8 Å². The van der Waals surface area contributed by atoms with Crippen LogP contribution < -0.4 is 10.1 Å². The van der Waals surface area contributed by atoms with E-state index in [1.54, 1.807) is 30.0 Å². The van der Waals surface area contributed by atoms with Crippen molar-refractivity contribution in [3.8, 4) is 11.5 Å². The Morgan fingerprint density at radius 1 is 1.16 bits per heavy atom. The number of pyridine rings is 2. The Kier molecular flexibility index (Phi) is 6.90. The zero-order valence-corrected chi connectivity index (χ0v) is 18.9. The maximum atomic E-state index is 9.79. The van der Waals surface area contributed by atoms with Gasteiger partial charge in [-0.3, -0.25) is 4.98 Å². The average Bonchev–Trinajstić information content (AvgIpc) is 3.26. The van der Waals surface area contributed by atoms with Gasteiger partial charge in [0.1, 0.15) is 11.8 Å². The Morgan fingerprint density at radius 3 is 2.81 bits per heavy atom. The zero-order chi connectivity index (χ0) is 22.5. The molecule has 0 aromatic carbocycles. The van der Waals surface area contributed by atoms with Crippen LogP contribution in [-0.2, 0) is 0 Å². The minimum atomic E-state index is -1.03. The number of aliphatic hydroxyl groups is 2. The summed E-state index contributed by atoms with van der Waals surface area (Å²) in [5, 5.41) is 32.1. The largest absolute Gasteiger partial charge is 0.451 e. The molecule has 4 heterocycles. The zero-order valence-electron chi connectivity index (χ0n) is 17.3. The number of aliphatic hydroxyl groups excluding tert-OH is 2. The number of aryl methyl sites for hydroxylation is 2.